The maximum Gasteiger partial charge on any atom is 0.259 e. The molecule has 4 rings (SSSR count). The van der Waals surface area contributed by atoms with E-state index in [0.717, 1.165) is 24.1 Å². The minimum atomic E-state index is -0.222. The maximum absolute atomic E-state index is 13.1. The molecule has 1 atom stereocenters. The number of ether oxygens (including phenoxy) is 2. The number of amides is 1. The third-order valence-corrected chi connectivity index (χ3v) is 5.13. The van der Waals surface area contributed by atoms with E-state index >= 15 is 0 Å². The number of carbonyl (C=O) groups excluding carboxylic acids is 1. The van der Waals surface area contributed by atoms with Crippen LogP contribution in [0, 0.1) is 6.92 Å². The van der Waals surface area contributed by atoms with Crippen molar-refractivity contribution in [3.05, 3.63) is 46.8 Å². The fourth-order valence-electron chi connectivity index (χ4n) is 3.36. The van der Waals surface area contributed by atoms with Crippen LogP contribution in [-0.4, -0.2) is 30.3 Å². The topological polar surface area (TPSA) is 86.5 Å². The molecule has 2 heterocycles. The van der Waals surface area contributed by atoms with Crippen LogP contribution in [-0.2, 0) is 0 Å². The number of nitrogens with one attached hydrogen (secondary N) is 1. The van der Waals surface area contributed by atoms with Crippen molar-refractivity contribution in [3.8, 4) is 11.5 Å². The fourth-order valence-corrected chi connectivity index (χ4v) is 3.36. The first-order chi connectivity index (χ1) is 13.5. The number of methoxy groups -OCH3 is 2. The van der Waals surface area contributed by atoms with Gasteiger partial charge in [0.1, 0.15) is 0 Å². The predicted molar refractivity (Wildman–Crippen MR) is 104 cm³/mol. The molecule has 3 aromatic rings. The lowest BCUT2D eigenvalue weighted by Crippen LogP contribution is -2.27. The van der Waals surface area contributed by atoms with E-state index < -0.39 is 0 Å². The molecule has 28 heavy (non-hydrogen) atoms. The summed E-state index contributed by atoms with van der Waals surface area (Å²) < 4.78 is 16.0. The lowest BCUT2D eigenvalue weighted by molar-refractivity contribution is 0.0941. The fraction of sp³-hybridized carbons (Fsp3) is 0.381. The summed E-state index contributed by atoms with van der Waals surface area (Å²) in [5.41, 5.74) is 3.45. The van der Waals surface area contributed by atoms with Gasteiger partial charge in [-0.2, -0.15) is 0 Å². The molecule has 0 bridgehead atoms. The van der Waals surface area contributed by atoms with Crippen LogP contribution in [0.1, 0.15) is 59.0 Å². The monoisotopic (exact) mass is 381 g/mol. The second-order valence-electron chi connectivity index (χ2n) is 7.13. The van der Waals surface area contributed by atoms with Crippen LogP contribution in [0.3, 0.4) is 0 Å². The molecule has 7 nitrogen and oxygen atoms in total. The van der Waals surface area contributed by atoms with Crippen molar-refractivity contribution < 1.29 is 18.8 Å². The van der Waals surface area contributed by atoms with Gasteiger partial charge in [0.2, 0.25) is 0 Å². The van der Waals surface area contributed by atoms with E-state index in [1.54, 1.807) is 14.2 Å². The van der Waals surface area contributed by atoms with Gasteiger partial charge >= 0.3 is 0 Å². The van der Waals surface area contributed by atoms with Crippen molar-refractivity contribution in [1.29, 1.82) is 0 Å². The summed E-state index contributed by atoms with van der Waals surface area (Å²) in [6, 6.07) is 7.26. The van der Waals surface area contributed by atoms with Crippen molar-refractivity contribution in [2.45, 2.75) is 38.6 Å². The van der Waals surface area contributed by atoms with E-state index in [1.807, 2.05) is 38.1 Å². The minimum Gasteiger partial charge on any atom is -0.493 e. The molecule has 1 saturated carbocycles. The normalized spacial score (nSPS) is 14.7. The molecule has 7 heteroatoms. The molecule has 1 aromatic carbocycles. The van der Waals surface area contributed by atoms with E-state index in [1.165, 1.54) is 0 Å². The summed E-state index contributed by atoms with van der Waals surface area (Å²) in [5, 5.41) is 7.72. The van der Waals surface area contributed by atoms with E-state index in [2.05, 4.69) is 15.5 Å². The molecule has 1 aliphatic rings. The van der Waals surface area contributed by atoms with Gasteiger partial charge in [-0.3, -0.25) is 4.79 Å². The minimum absolute atomic E-state index is 0.178. The number of aromatic nitrogens is 2. The maximum atomic E-state index is 13.1. The molecular formula is C21H23N3O4. The second-order valence-corrected chi connectivity index (χ2v) is 7.13. The Morgan fingerprint density at radius 3 is 2.64 bits per heavy atom. The third kappa shape index (κ3) is 3.28. The van der Waals surface area contributed by atoms with Gasteiger partial charge in [-0.1, -0.05) is 11.2 Å². The highest BCUT2D eigenvalue weighted by Crippen LogP contribution is 2.40. The second kappa shape index (κ2) is 7.14. The number of rotatable bonds is 6. The Kier molecular flexibility index (Phi) is 4.66. The van der Waals surface area contributed by atoms with Crippen LogP contribution >= 0.6 is 0 Å². The molecule has 0 aliphatic heterocycles. The Labute approximate surface area is 163 Å². The zero-order valence-corrected chi connectivity index (χ0v) is 16.4. The number of pyridine rings is 1. The SMILES string of the molecule is COc1ccc(C(C)NC(=O)c2cc(C3CC3)nc3onc(C)c23)cc1OC. The van der Waals surface area contributed by atoms with Gasteiger partial charge in [-0.15, -0.1) is 0 Å². The van der Waals surface area contributed by atoms with E-state index in [0.29, 0.717) is 39.8 Å². The molecule has 1 aliphatic carbocycles. The van der Waals surface area contributed by atoms with Crippen LogP contribution < -0.4 is 14.8 Å². The first-order valence-electron chi connectivity index (χ1n) is 9.31. The van der Waals surface area contributed by atoms with Gasteiger partial charge in [0.25, 0.3) is 11.6 Å². The van der Waals surface area contributed by atoms with Crippen molar-refractivity contribution in [2.75, 3.05) is 14.2 Å². The van der Waals surface area contributed by atoms with E-state index in [9.17, 15) is 4.79 Å². The first-order valence-corrected chi connectivity index (χ1v) is 9.31. The average Bonchev–Trinajstić information content (AvgIpc) is 3.50. The van der Waals surface area contributed by atoms with Gasteiger partial charge < -0.3 is 19.3 Å². The van der Waals surface area contributed by atoms with Crippen LogP contribution in [0.25, 0.3) is 11.1 Å². The highest BCUT2D eigenvalue weighted by atomic mass is 16.5. The Bertz CT molecular complexity index is 1040. The third-order valence-electron chi connectivity index (χ3n) is 5.13. The van der Waals surface area contributed by atoms with Crippen molar-refractivity contribution in [1.82, 2.24) is 15.5 Å². The predicted octanol–water partition coefficient (Wildman–Crippen LogP) is 3.92. The Morgan fingerprint density at radius 2 is 1.96 bits per heavy atom. The number of carbonyl (C=O) groups is 1. The van der Waals surface area contributed by atoms with Crippen LogP contribution in [0.2, 0.25) is 0 Å². The van der Waals surface area contributed by atoms with Gasteiger partial charge in [0, 0.05) is 11.6 Å². The average molecular weight is 381 g/mol. The van der Waals surface area contributed by atoms with Gasteiger partial charge in [-0.05, 0) is 50.5 Å². The van der Waals surface area contributed by atoms with Crippen LogP contribution in [0.5, 0.6) is 11.5 Å². The molecule has 1 amide bonds. The number of benzene rings is 1. The number of aryl methyl sites for hydroxylation is 1. The molecule has 1 N–H and O–H groups in total. The van der Waals surface area contributed by atoms with E-state index in [4.69, 9.17) is 14.0 Å². The number of hydrogen-bond donors (Lipinski definition) is 1. The van der Waals surface area contributed by atoms with E-state index in [-0.39, 0.29) is 11.9 Å². The van der Waals surface area contributed by atoms with Gasteiger partial charge in [0.15, 0.2) is 11.5 Å². The molecule has 0 radical (unpaired) electrons. The van der Waals surface area contributed by atoms with Crippen LogP contribution in [0.4, 0.5) is 0 Å². The zero-order chi connectivity index (χ0) is 19.8. The standard InChI is InChI=1S/C21H23N3O4/c1-11(14-7-8-17(26-3)18(9-14)27-4)22-20(25)15-10-16(13-5-6-13)23-21-19(15)12(2)24-28-21/h7-11,13H,5-6H2,1-4H3,(H,22,25). The quantitative estimate of drug-likeness (QED) is 0.696. The highest BCUT2D eigenvalue weighted by molar-refractivity contribution is 6.06. The number of hydrogen-bond acceptors (Lipinski definition) is 6. The van der Waals surface area contributed by atoms with Crippen molar-refractivity contribution >= 4 is 17.0 Å². The molecular weight excluding hydrogens is 358 g/mol. The molecule has 1 fully saturated rings. The summed E-state index contributed by atoms with van der Waals surface area (Å²) in [7, 11) is 3.18. The first kappa shape index (κ1) is 18.3. The van der Waals surface area contributed by atoms with Crippen molar-refractivity contribution in [2.24, 2.45) is 0 Å². The molecule has 146 valence electrons. The summed E-state index contributed by atoms with van der Waals surface area (Å²) in [6.45, 7) is 3.75. The summed E-state index contributed by atoms with van der Waals surface area (Å²) in [4.78, 5) is 17.6. The molecule has 2 aromatic heterocycles. The van der Waals surface area contributed by atoms with Crippen molar-refractivity contribution in [3.63, 3.8) is 0 Å². The summed E-state index contributed by atoms with van der Waals surface area (Å²) >= 11 is 0. The summed E-state index contributed by atoms with van der Waals surface area (Å²) in [6.07, 6.45) is 2.18. The lowest BCUT2D eigenvalue weighted by atomic mass is 10.0. The summed E-state index contributed by atoms with van der Waals surface area (Å²) in [5.74, 6) is 1.50. The Hall–Kier alpha value is -3.09. The Balaban J connectivity index is 1.64. The van der Waals surface area contributed by atoms with Gasteiger partial charge in [0.05, 0.1) is 36.9 Å². The Morgan fingerprint density at radius 1 is 1.21 bits per heavy atom. The van der Waals surface area contributed by atoms with Gasteiger partial charge in [-0.25, -0.2) is 4.98 Å². The molecule has 0 saturated heterocycles. The number of fused-ring (bicyclic) bond motifs is 1. The lowest BCUT2D eigenvalue weighted by Gasteiger charge is -2.17. The smallest absolute Gasteiger partial charge is 0.259 e. The number of nitrogens with zero attached hydrogens (tertiary/aromatic N) is 2. The zero-order valence-electron chi connectivity index (χ0n) is 16.4. The highest BCUT2D eigenvalue weighted by Gasteiger charge is 2.29. The largest absolute Gasteiger partial charge is 0.493 e. The molecule has 0 spiro atoms. The molecule has 1 unspecified atom stereocenters. The van der Waals surface area contributed by atoms with Crippen LogP contribution in [0.15, 0.2) is 28.8 Å².